The number of carbonyl (C=O) groups excluding carboxylic acids is 6. The van der Waals surface area contributed by atoms with Crippen LogP contribution in [-0.2, 0) is 52.3 Å². The molecule has 1 saturated heterocycles. The van der Waals surface area contributed by atoms with Gasteiger partial charge < -0.3 is 87.9 Å². The summed E-state index contributed by atoms with van der Waals surface area (Å²) in [6.45, 7) is 8.67. The Labute approximate surface area is 505 Å². The van der Waals surface area contributed by atoms with Gasteiger partial charge in [0.15, 0.2) is 43.5 Å². The van der Waals surface area contributed by atoms with Gasteiger partial charge >= 0.3 is 17.9 Å². The van der Waals surface area contributed by atoms with Crippen molar-refractivity contribution in [1.82, 2.24) is 0 Å². The number of hydrogen-bond donors (Lipinski definition) is 7. The van der Waals surface area contributed by atoms with Crippen molar-refractivity contribution >= 4 is 53.5 Å². The fourth-order valence-corrected chi connectivity index (χ4v) is 9.58. The van der Waals surface area contributed by atoms with Gasteiger partial charge in [-0.3, -0.25) is 14.4 Å². The Hall–Kier alpha value is -7.26. The standard InChI is InChI=1S/C25H34O9.C20H26O8.C18H22O7/c1-16-8-6-10-19(26)23-20(33-25(2,3)34-23)11-7-9-17-12-18(30-14-28-4)13-21(31-15-29-5)22(17)24(27)32-16;1-12-5-3-7-15(21)19(24)16(22)8-4-6-13-9-14(27-11-26-2)10-17(23)18(13)20(25)28-12;1-10-4-2-6-13(20)17(23)14(21)7-3-5-11-8-12(19)9-15(22)16(11)18(24)25-10/h7,9,12-13,16,20,23H,6,8,10-11,14-15H2,1-5H3;4,6,9-10,12,16,19,22-24H,3,5,7-8,11H2,1-2H3;3,5,8-10,14,17,19,21-23H,2,4,6-7H2,1H3/b9-7+;6-4+;5-3+/t16-,20-,23+;12-,16-,19+;10-,14-,17+/m000/s1. The molecule has 3 aromatic carbocycles. The number of phenolic OH excluding ortho intramolecular Hbond substituents is 3. The average molecular weight is 1220 g/mol. The number of aliphatic hydroxyl groups excluding tert-OH is 4. The molecule has 4 aliphatic rings. The molecule has 0 radical (unpaired) electrons. The molecule has 0 spiro atoms. The first-order valence-corrected chi connectivity index (χ1v) is 28.6. The first kappa shape index (κ1) is 70.5. The smallest absolute Gasteiger partial charge is 0.342 e. The molecular weight excluding hydrogens is 1140 g/mol. The third-order valence-corrected chi connectivity index (χ3v) is 13.9. The van der Waals surface area contributed by atoms with E-state index in [1.807, 2.05) is 6.08 Å². The van der Waals surface area contributed by atoms with Crippen LogP contribution in [0, 0.1) is 0 Å². The van der Waals surface area contributed by atoms with E-state index in [1.165, 1.54) is 63.8 Å². The first-order chi connectivity index (χ1) is 41.4. The van der Waals surface area contributed by atoms with Crippen molar-refractivity contribution in [3.63, 3.8) is 0 Å². The molecule has 0 bridgehead atoms. The number of ketones is 3. The molecule has 0 saturated carbocycles. The number of methoxy groups -OCH3 is 3. The van der Waals surface area contributed by atoms with Gasteiger partial charge in [0, 0.05) is 58.8 Å². The van der Waals surface area contributed by atoms with E-state index in [0.29, 0.717) is 68.2 Å². The van der Waals surface area contributed by atoms with Crippen LogP contribution in [0.1, 0.15) is 159 Å². The summed E-state index contributed by atoms with van der Waals surface area (Å²) in [6, 6.07) is 8.44. The summed E-state index contributed by atoms with van der Waals surface area (Å²) in [7, 11) is 4.46. The van der Waals surface area contributed by atoms with Crippen molar-refractivity contribution in [2.75, 3.05) is 41.7 Å². The van der Waals surface area contributed by atoms with E-state index in [2.05, 4.69) is 0 Å². The number of aromatic hydroxyl groups is 3. The molecule has 0 aromatic heterocycles. The van der Waals surface area contributed by atoms with Gasteiger partial charge in [-0.15, -0.1) is 0 Å². The van der Waals surface area contributed by atoms with Crippen LogP contribution in [0.3, 0.4) is 0 Å². The van der Waals surface area contributed by atoms with E-state index in [1.54, 1.807) is 52.8 Å². The molecule has 7 N–H and O–H groups in total. The second-order valence-electron chi connectivity index (χ2n) is 21.6. The summed E-state index contributed by atoms with van der Waals surface area (Å²) in [6.07, 6.45) is 5.04. The highest BCUT2D eigenvalue weighted by Crippen LogP contribution is 2.36. The summed E-state index contributed by atoms with van der Waals surface area (Å²) in [5.41, 5.74) is 1.20. The third kappa shape index (κ3) is 21.5. The maximum absolute atomic E-state index is 13.2. The quantitative estimate of drug-likeness (QED) is 0.0633. The Morgan fingerprint density at radius 1 is 0.494 bits per heavy atom. The highest BCUT2D eigenvalue weighted by molar-refractivity contribution is 5.99. The second-order valence-corrected chi connectivity index (χ2v) is 21.6. The maximum Gasteiger partial charge on any atom is 0.342 e. The van der Waals surface area contributed by atoms with Gasteiger partial charge in [-0.1, -0.05) is 36.5 Å². The summed E-state index contributed by atoms with van der Waals surface area (Å²) < 4.78 is 59.8. The molecule has 4 aliphatic heterocycles. The average Bonchev–Trinajstić information content (AvgIpc) is 3.39. The molecule has 24 nitrogen and oxygen atoms in total. The summed E-state index contributed by atoms with van der Waals surface area (Å²) >= 11 is 0. The van der Waals surface area contributed by atoms with Gasteiger partial charge in [-0.2, -0.15) is 0 Å². The fraction of sp³-hybridized carbons (Fsp3) is 0.524. The zero-order valence-electron chi connectivity index (χ0n) is 50.3. The van der Waals surface area contributed by atoms with Crippen molar-refractivity contribution < 1.29 is 117 Å². The summed E-state index contributed by atoms with van der Waals surface area (Å²) in [5, 5.41) is 69.7. The van der Waals surface area contributed by atoms with Crippen LogP contribution < -0.4 is 14.2 Å². The van der Waals surface area contributed by atoms with E-state index >= 15 is 0 Å². The summed E-state index contributed by atoms with van der Waals surface area (Å²) in [4.78, 5) is 74.7. The molecular formula is C63H82O24. The van der Waals surface area contributed by atoms with Crippen LogP contribution in [0.4, 0.5) is 0 Å². The Balaban J connectivity index is 0.000000241. The largest absolute Gasteiger partial charge is 0.508 e. The molecule has 0 aliphatic carbocycles. The fourth-order valence-electron chi connectivity index (χ4n) is 9.58. The van der Waals surface area contributed by atoms with Gasteiger partial charge in [-0.05, 0) is 127 Å². The number of ether oxygens (including phenoxy) is 11. The first-order valence-electron chi connectivity index (χ1n) is 28.6. The zero-order chi connectivity index (χ0) is 64.0. The SMILES string of the molecule is COCOc1cc(O)c2c(c1)/C=C/C[C@H](O)[C@H](O)C(=O)CCC[C@H](C)OC2=O.COCOc1cc2c(c(OCOC)c1)C(=O)O[C@@H](C)CCCC(=O)[C@H]1OC(C)(C)O[C@H]1C/C=C/2.C[C@H]1CCCC(=O)[C@@H](O)[C@@H](O)C/C=C/c2cc(O)cc(O)c2C(=O)O1. The molecule has 87 heavy (non-hydrogen) atoms. The van der Waals surface area contributed by atoms with Gasteiger partial charge in [0.2, 0.25) is 0 Å². The maximum atomic E-state index is 13.2. The van der Waals surface area contributed by atoms with Crippen molar-refractivity contribution in [1.29, 1.82) is 0 Å². The van der Waals surface area contributed by atoms with Crippen LogP contribution in [-0.4, -0.2) is 173 Å². The molecule has 24 heteroatoms. The number of fused-ring (bicyclic) bond motifs is 4. The monoisotopic (exact) mass is 1220 g/mol. The Morgan fingerprint density at radius 3 is 1.38 bits per heavy atom. The van der Waals surface area contributed by atoms with Gasteiger partial charge in [-0.25, -0.2) is 14.4 Å². The minimum atomic E-state index is -1.48. The number of Topliss-reactive ketones (excluding diaryl/α,β-unsaturated/α-hetero) is 3. The lowest BCUT2D eigenvalue weighted by Gasteiger charge is -2.19. The lowest BCUT2D eigenvalue weighted by atomic mass is 9.99. The molecule has 1 fully saturated rings. The number of rotatable bonds is 9. The van der Waals surface area contributed by atoms with Gasteiger partial charge in [0.25, 0.3) is 0 Å². The highest BCUT2D eigenvalue weighted by atomic mass is 16.8. The van der Waals surface area contributed by atoms with Crippen molar-refractivity contribution in [2.24, 2.45) is 0 Å². The number of esters is 3. The number of carbonyl (C=O) groups is 6. The van der Waals surface area contributed by atoms with E-state index in [4.69, 9.17) is 52.1 Å². The summed E-state index contributed by atoms with van der Waals surface area (Å²) in [5.74, 6) is -3.71. The zero-order valence-corrected chi connectivity index (χ0v) is 50.3. The number of aliphatic hydroxyl groups is 4. The Morgan fingerprint density at radius 2 is 0.897 bits per heavy atom. The van der Waals surface area contributed by atoms with Crippen LogP contribution >= 0.6 is 0 Å². The number of phenols is 3. The highest BCUT2D eigenvalue weighted by Gasteiger charge is 2.44. The van der Waals surface area contributed by atoms with E-state index in [0.717, 1.165) is 6.07 Å². The van der Waals surface area contributed by atoms with Crippen molar-refractivity contribution in [3.05, 3.63) is 88.0 Å². The lowest BCUT2D eigenvalue weighted by molar-refractivity contribution is -0.154. The van der Waals surface area contributed by atoms with Crippen LogP contribution in [0.15, 0.2) is 54.6 Å². The molecule has 0 unspecified atom stereocenters. The van der Waals surface area contributed by atoms with Crippen LogP contribution in [0.25, 0.3) is 18.2 Å². The molecule has 4 heterocycles. The molecule has 478 valence electrons. The third-order valence-electron chi connectivity index (χ3n) is 13.9. The number of cyclic esters (lactones) is 3. The number of hydrogen-bond acceptors (Lipinski definition) is 24. The van der Waals surface area contributed by atoms with E-state index < -0.39 is 95.9 Å². The van der Waals surface area contributed by atoms with E-state index in [-0.39, 0.29) is 97.1 Å². The Kier molecular flexibility index (Phi) is 27.8. The van der Waals surface area contributed by atoms with Gasteiger partial charge in [0.05, 0.1) is 36.6 Å². The predicted octanol–water partition coefficient (Wildman–Crippen LogP) is 7.19. The minimum absolute atomic E-state index is 0.00883. The molecule has 0 amide bonds. The van der Waals surface area contributed by atoms with E-state index in [9.17, 15) is 64.5 Å². The minimum Gasteiger partial charge on any atom is -0.508 e. The molecule has 3 aromatic rings. The van der Waals surface area contributed by atoms with Crippen LogP contribution in [0.2, 0.25) is 0 Å². The number of benzene rings is 3. The van der Waals surface area contributed by atoms with Crippen molar-refractivity contribution in [2.45, 2.75) is 172 Å². The lowest BCUT2D eigenvalue weighted by Crippen LogP contribution is -2.33. The second kappa shape index (κ2) is 34.3. The normalized spacial score (nSPS) is 26.1. The van der Waals surface area contributed by atoms with Crippen LogP contribution in [0.5, 0.6) is 34.5 Å². The van der Waals surface area contributed by atoms with Crippen molar-refractivity contribution in [3.8, 4) is 34.5 Å². The molecule has 7 rings (SSSR count). The van der Waals surface area contributed by atoms with Gasteiger partial charge in [0.1, 0.15) is 69.5 Å². The predicted molar refractivity (Wildman–Crippen MR) is 312 cm³/mol. The Bertz CT molecular complexity index is 2910. The topological polar surface area (TPSA) is 346 Å². The molecule has 9 atom stereocenters.